The zero-order valence-corrected chi connectivity index (χ0v) is 23.0. The van der Waals surface area contributed by atoms with E-state index in [0.717, 1.165) is 0 Å². The number of carbonyl (C=O) groups is 4. The molecule has 0 spiro atoms. The molecule has 0 radical (unpaired) electrons. The zero-order chi connectivity index (χ0) is 31.7. The molecule has 44 heavy (non-hydrogen) atoms. The first-order valence-electron chi connectivity index (χ1n) is 13.6. The summed E-state index contributed by atoms with van der Waals surface area (Å²) in [4.78, 5) is 92.8. The number of Topliss-reactive ketones (excluding diaryl/α,β-unsaturated/α-hetero) is 4. The Kier molecular flexibility index (Phi) is 8.07. The van der Waals surface area contributed by atoms with E-state index in [9.17, 15) is 49.0 Å². The Morgan fingerprint density at radius 3 is 1.32 bits per heavy atom. The highest BCUT2D eigenvalue weighted by Crippen LogP contribution is 2.27. The van der Waals surface area contributed by atoms with Gasteiger partial charge in [-0.05, 0) is 35.7 Å². The van der Waals surface area contributed by atoms with E-state index in [-0.39, 0.29) is 83.8 Å². The second kappa shape index (κ2) is 11.9. The first kappa shape index (κ1) is 29.8. The molecule has 2 heterocycles. The lowest BCUT2D eigenvalue weighted by Crippen LogP contribution is -2.34. The fourth-order valence-corrected chi connectivity index (χ4v) is 5.68. The van der Waals surface area contributed by atoms with Crippen molar-refractivity contribution in [2.24, 2.45) is 0 Å². The van der Waals surface area contributed by atoms with Gasteiger partial charge in [-0.1, -0.05) is 24.3 Å². The van der Waals surface area contributed by atoms with Gasteiger partial charge in [-0.2, -0.15) is 0 Å². The molecule has 2 aromatic carbocycles. The van der Waals surface area contributed by atoms with Gasteiger partial charge in [-0.3, -0.25) is 49.0 Å². The molecule has 14 heteroatoms. The van der Waals surface area contributed by atoms with Crippen LogP contribution in [0.2, 0.25) is 0 Å². The van der Waals surface area contributed by atoms with Gasteiger partial charge >= 0.3 is 0 Å². The van der Waals surface area contributed by atoms with Crippen LogP contribution in [0.25, 0.3) is 21.5 Å². The standard InChI is InChI=1S/2C15H12N2O5/c2*18-10-4-5-11(13(19)8-10)16-7-6-9-2-1-3-12(17(21)22)14(9)15(16)20/h2*1-3,6-7,11H,4-5,8H2. The number of nitro benzene ring substituents is 2. The minimum absolute atomic E-state index is 0.0142. The van der Waals surface area contributed by atoms with E-state index in [0.29, 0.717) is 10.8 Å². The van der Waals surface area contributed by atoms with Crippen molar-refractivity contribution in [3.05, 3.63) is 102 Å². The van der Waals surface area contributed by atoms with Gasteiger partial charge in [0.2, 0.25) is 0 Å². The number of hydrogen-bond donors (Lipinski definition) is 0. The second-order valence-corrected chi connectivity index (χ2v) is 10.5. The summed E-state index contributed by atoms with van der Waals surface area (Å²) >= 11 is 0. The summed E-state index contributed by atoms with van der Waals surface area (Å²) in [6.07, 6.45) is 3.53. The van der Waals surface area contributed by atoms with E-state index < -0.39 is 33.0 Å². The largest absolute Gasteiger partial charge is 0.304 e. The third kappa shape index (κ3) is 5.56. The molecule has 6 rings (SSSR count). The second-order valence-electron chi connectivity index (χ2n) is 10.5. The Morgan fingerprint density at radius 2 is 0.977 bits per heavy atom. The number of nitrogens with zero attached hydrogens (tertiary/aromatic N) is 4. The molecular formula is C30H24N4O10. The number of carbonyl (C=O) groups excluding carboxylic acids is 4. The SMILES string of the molecule is O=C1CCC(n2ccc3cccc([N+](=O)[O-])c3c2=O)C(=O)C1.O=C1CCC(n2ccc3cccc([N+](=O)[O-])c3c2=O)C(=O)C1. The number of benzene rings is 2. The van der Waals surface area contributed by atoms with Gasteiger partial charge in [0.1, 0.15) is 22.3 Å². The average molecular weight is 601 g/mol. The number of ketones is 4. The van der Waals surface area contributed by atoms with Crippen molar-refractivity contribution in [3.63, 3.8) is 0 Å². The van der Waals surface area contributed by atoms with Crippen LogP contribution in [0.1, 0.15) is 50.6 Å². The Balaban J connectivity index is 0.000000175. The monoisotopic (exact) mass is 600 g/mol. The third-order valence-electron chi connectivity index (χ3n) is 7.82. The molecular weight excluding hydrogens is 576 g/mol. The molecule has 0 N–H and O–H groups in total. The molecule has 2 aliphatic rings. The lowest BCUT2D eigenvalue weighted by molar-refractivity contribution is -0.383. The van der Waals surface area contributed by atoms with E-state index in [1.807, 2.05) is 0 Å². The van der Waals surface area contributed by atoms with Crippen molar-refractivity contribution in [1.82, 2.24) is 9.13 Å². The normalized spacial score (nSPS) is 18.6. The Hall–Kier alpha value is -5.66. The zero-order valence-electron chi connectivity index (χ0n) is 23.0. The van der Waals surface area contributed by atoms with Crippen LogP contribution < -0.4 is 11.1 Å². The predicted octanol–water partition coefficient (Wildman–Crippen LogP) is 3.55. The summed E-state index contributed by atoms with van der Waals surface area (Å²) in [5, 5.41) is 23.1. The Morgan fingerprint density at radius 1 is 0.591 bits per heavy atom. The molecule has 0 aliphatic heterocycles. The fraction of sp³-hybridized carbons (Fsp3) is 0.267. The van der Waals surface area contributed by atoms with Gasteiger partial charge in [0.15, 0.2) is 11.6 Å². The van der Waals surface area contributed by atoms with Crippen molar-refractivity contribution in [3.8, 4) is 0 Å². The van der Waals surface area contributed by atoms with Crippen LogP contribution in [0.4, 0.5) is 11.4 Å². The first-order chi connectivity index (χ1) is 21.0. The summed E-state index contributed by atoms with van der Waals surface area (Å²) in [5.74, 6) is -0.922. The average Bonchev–Trinajstić information content (AvgIpc) is 2.98. The lowest BCUT2D eigenvalue weighted by atomic mass is 9.92. The van der Waals surface area contributed by atoms with Crippen LogP contribution in [0, 0.1) is 20.2 Å². The highest BCUT2D eigenvalue weighted by molar-refractivity contribution is 6.04. The van der Waals surface area contributed by atoms with E-state index in [4.69, 9.17) is 0 Å². The smallest absolute Gasteiger partial charge is 0.282 e. The molecule has 0 saturated heterocycles. The maximum atomic E-state index is 12.6. The highest BCUT2D eigenvalue weighted by atomic mass is 16.6. The lowest BCUT2D eigenvalue weighted by Gasteiger charge is -2.22. The van der Waals surface area contributed by atoms with Gasteiger partial charge in [-0.15, -0.1) is 0 Å². The summed E-state index contributed by atoms with van der Waals surface area (Å²) in [6.45, 7) is 0. The number of pyridine rings is 2. The van der Waals surface area contributed by atoms with Crippen LogP contribution in [0.5, 0.6) is 0 Å². The van der Waals surface area contributed by atoms with Crippen LogP contribution in [-0.4, -0.2) is 42.1 Å². The quantitative estimate of drug-likeness (QED) is 0.190. The number of rotatable bonds is 4. The van der Waals surface area contributed by atoms with Crippen LogP contribution in [-0.2, 0) is 19.2 Å². The summed E-state index contributed by atoms with van der Waals surface area (Å²) < 4.78 is 2.42. The molecule has 2 atom stereocenters. The van der Waals surface area contributed by atoms with Crippen molar-refractivity contribution in [2.75, 3.05) is 0 Å². The van der Waals surface area contributed by atoms with Gasteiger partial charge in [0, 0.05) is 37.4 Å². The van der Waals surface area contributed by atoms with Crippen molar-refractivity contribution >= 4 is 56.1 Å². The molecule has 2 unspecified atom stereocenters. The van der Waals surface area contributed by atoms with Gasteiger partial charge < -0.3 is 9.13 Å². The number of non-ortho nitro benzene ring substituents is 2. The van der Waals surface area contributed by atoms with Gasteiger partial charge in [-0.25, -0.2) is 0 Å². The molecule has 2 saturated carbocycles. The van der Waals surface area contributed by atoms with E-state index in [1.54, 1.807) is 24.3 Å². The van der Waals surface area contributed by atoms with E-state index >= 15 is 0 Å². The molecule has 14 nitrogen and oxygen atoms in total. The molecule has 0 amide bonds. The van der Waals surface area contributed by atoms with Gasteiger partial charge in [0.05, 0.1) is 34.8 Å². The Labute approximate surface area is 246 Å². The van der Waals surface area contributed by atoms with Gasteiger partial charge in [0.25, 0.3) is 22.5 Å². The van der Waals surface area contributed by atoms with Crippen LogP contribution in [0.3, 0.4) is 0 Å². The maximum absolute atomic E-state index is 12.6. The summed E-state index contributed by atoms with van der Waals surface area (Å²) in [7, 11) is 0. The van der Waals surface area contributed by atoms with Crippen molar-refractivity contribution in [2.45, 2.75) is 50.6 Å². The molecule has 2 fully saturated rings. The first-order valence-corrected chi connectivity index (χ1v) is 13.6. The molecule has 0 bridgehead atoms. The summed E-state index contributed by atoms with van der Waals surface area (Å²) in [6, 6.07) is 10.5. The maximum Gasteiger partial charge on any atom is 0.282 e. The molecule has 2 aliphatic carbocycles. The predicted molar refractivity (Wildman–Crippen MR) is 156 cm³/mol. The molecule has 224 valence electrons. The minimum atomic E-state index is -0.727. The number of hydrogen-bond acceptors (Lipinski definition) is 10. The van der Waals surface area contributed by atoms with E-state index in [1.165, 1.54) is 45.8 Å². The minimum Gasteiger partial charge on any atom is -0.304 e. The number of fused-ring (bicyclic) bond motifs is 2. The molecule has 4 aromatic rings. The third-order valence-corrected chi connectivity index (χ3v) is 7.82. The van der Waals surface area contributed by atoms with Crippen molar-refractivity contribution in [1.29, 1.82) is 0 Å². The van der Waals surface area contributed by atoms with Crippen LogP contribution >= 0.6 is 0 Å². The topological polar surface area (TPSA) is 199 Å². The number of aromatic nitrogens is 2. The molecule has 2 aromatic heterocycles. The van der Waals surface area contributed by atoms with E-state index in [2.05, 4.69) is 0 Å². The summed E-state index contributed by atoms with van der Waals surface area (Å²) in [5.41, 5.74) is -1.71. The van der Waals surface area contributed by atoms with Crippen LogP contribution in [0.15, 0.2) is 70.5 Å². The Bertz CT molecular complexity index is 1880. The fourth-order valence-electron chi connectivity index (χ4n) is 5.68. The number of nitro groups is 2. The van der Waals surface area contributed by atoms with Crippen molar-refractivity contribution < 1.29 is 29.0 Å². The highest BCUT2D eigenvalue weighted by Gasteiger charge is 2.31.